The molecular weight excluding hydrogens is 499 g/mol. The molecule has 0 unspecified atom stereocenters. The first kappa shape index (κ1) is 25.6. The van der Waals surface area contributed by atoms with E-state index < -0.39 is 26.8 Å². The molecule has 11 heteroatoms. The highest BCUT2D eigenvalue weighted by Gasteiger charge is 2.25. The number of ether oxygens (including phenoxy) is 1. The van der Waals surface area contributed by atoms with Gasteiger partial charge in [-0.1, -0.05) is 23.8 Å². The second-order valence-electron chi connectivity index (χ2n) is 8.38. The van der Waals surface area contributed by atoms with Gasteiger partial charge in [0.1, 0.15) is 28.7 Å². The van der Waals surface area contributed by atoms with Crippen molar-refractivity contribution >= 4 is 21.7 Å². The SMILES string of the molecule is Cc1cc(C)c(Oc2nc(-c3cc(F)ccc3O)ccc2C(=O)NS(=O)(=O)c2cccc(N)n2)c(C)c1. The van der Waals surface area contributed by atoms with Crippen LogP contribution >= 0.6 is 0 Å². The number of phenolic OH excluding ortho intramolecular Hbond substituents is 1. The van der Waals surface area contributed by atoms with Gasteiger partial charge in [0.25, 0.3) is 15.9 Å². The first-order valence-corrected chi connectivity index (χ1v) is 12.5. The standard InChI is InChI=1S/C26H23FN4O5S/c1-14-11-15(2)24(16(3)12-14)36-26-18(8-9-20(29-26)19-13-17(27)7-10-21(19)32)25(33)31-37(34,35)23-6-4-5-22(28)30-23/h4-13,32H,1-3H3,(H2,28,30)(H,31,33). The number of benzene rings is 2. The van der Waals surface area contributed by atoms with E-state index in [0.717, 1.165) is 28.8 Å². The molecule has 2 aromatic carbocycles. The molecule has 0 aliphatic rings. The van der Waals surface area contributed by atoms with E-state index in [9.17, 15) is 22.7 Å². The molecule has 0 bridgehead atoms. The van der Waals surface area contributed by atoms with Crippen molar-refractivity contribution in [3.05, 3.63) is 88.7 Å². The molecule has 190 valence electrons. The molecule has 0 fully saturated rings. The lowest BCUT2D eigenvalue weighted by molar-refractivity contribution is 0.0978. The van der Waals surface area contributed by atoms with Gasteiger partial charge in [0.2, 0.25) is 5.88 Å². The zero-order valence-electron chi connectivity index (χ0n) is 20.1. The number of aromatic hydroxyl groups is 1. The normalized spacial score (nSPS) is 11.2. The average molecular weight is 523 g/mol. The Bertz CT molecular complexity index is 1620. The van der Waals surface area contributed by atoms with Crippen LogP contribution in [0.1, 0.15) is 27.0 Å². The number of nitrogens with one attached hydrogen (secondary N) is 1. The van der Waals surface area contributed by atoms with Crippen molar-refractivity contribution < 1.29 is 27.4 Å². The Morgan fingerprint density at radius 2 is 1.70 bits per heavy atom. The van der Waals surface area contributed by atoms with E-state index in [1.165, 1.54) is 36.4 Å². The van der Waals surface area contributed by atoms with Crippen molar-refractivity contribution in [1.29, 1.82) is 0 Å². The number of amides is 1. The summed E-state index contributed by atoms with van der Waals surface area (Å²) in [4.78, 5) is 21.2. The number of carbonyl (C=O) groups excluding carboxylic acids is 1. The van der Waals surface area contributed by atoms with Gasteiger partial charge in [-0.25, -0.2) is 19.1 Å². The van der Waals surface area contributed by atoms with Gasteiger partial charge < -0.3 is 15.6 Å². The number of nitrogens with two attached hydrogens (primary N) is 1. The summed E-state index contributed by atoms with van der Waals surface area (Å²) < 4.78 is 47.4. The second kappa shape index (κ2) is 9.86. The van der Waals surface area contributed by atoms with Crippen LogP contribution in [-0.4, -0.2) is 29.4 Å². The van der Waals surface area contributed by atoms with Crippen molar-refractivity contribution in [1.82, 2.24) is 14.7 Å². The molecule has 0 spiro atoms. The van der Waals surface area contributed by atoms with Crippen molar-refractivity contribution in [3.63, 3.8) is 0 Å². The predicted molar refractivity (Wildman–Crippen MR) is 135 cm³/mol. The third-order valence-corrected chi connectivity index (χ3v) is 6.62. The highest BCUT2D eigenvalue weighted by Crippen LogP contribution is 2.35. The topological polar surface area (TPSA) is 144 Å². The Labute approximate surface area is 212 Å². The quantitative estimate of drug-likeness (QED) is 0.338. The van der Waals surface area contributed by atoms with E-state index in [4.69, 9.17) is 10.5 Å². The van der Waals surface area contributed by atoms with Gasteiger partial charge in [-0.3, -0.25) is 4.79 Å². The number of pyridine rings is 2. The molecule has 2 aromatic heterocycles. The number of nitrogens with zero attached hydrogens (tertiary/aromatic N) is 2. The third kappa shape index (κ3) is 5.51. The molecule has 4 rings (SSSR count). The summed E-state index contributed by atoms with van der Waals surface area (Å²) in [7, 11) is -4.38. The second-order valence-corrected chi connectivity index (χ2v) is 10.0. The van der Waals surface area contributed by atoms with Gasteiger partial charge in [0, 0.05) is 5.56 Å². The van der Waals surface area contributed by atoms with Crippen molar-refractivity contribution in [2.75, 3.05) is 5.73 Å². The zero-order chi connectivity index (χ0) is 26.9. The van der Waals surface area contributed by atoms with Gasteiger partial charge in [0.15, 0.2) is 5.03 Å². The molecule has 0 saturated carbocycles. The van der Waals surface area contributed by atoms with Crippen LogP contribution in [0, 0.1) is 26.6 Å². The lowest BCUT2D eigenvalue weighted by Crippen LogP contribution is -2.31. The minimum atomic E-state index is -4.38. The minimum Gasteiger partial charge on any atom is -0.507 e. The number of nitrogen functional groups attached to an aromatic ring is 1. The number of hydrogen-bond donors (Lipinski definition) is 3. The summed E-state index contributed by atoms with van der Waals surface area (Å²) in [5.74, 6) is -1.76. The highest BCUT2D eigenvalue weighted by molar-refractivity contribution is 7.90. The van der Waals surface area contributed by atoms with E-state index in [1.807, 2.05) is 37.6 Å². The number of aryl methyl sites for hydroxylation is 3. The van der Waals surface area contributed by atoms with E-state index in [-0.39, 0.29) is 34.3 Å². The highest BCUT2D eigenvalue weighted by atomic mass is 32.2. The first-order valence-electron chi connectivity index (χ1n) is 11.0. The molecular formula is C26H23FN4O5S. The number of anilines is 1. The summed E-state index contributed by atoms with van der Waals surface area (Å²) in [6, 6.07) is 13.7. The predicted octanol–water partition coefficient (Wildman–Crippen LogP) is 4.41. The fourth-order valence-corrected chi connectivity index (χ4v) is 4.73. The van der Waals surface area contributed by atoms with Crippen molar-refractivity contribution in [3.8, 4) is 28.6 Å². The number of carbonyl (C=O) groups is 1. The van der Waals surface area contributed by atoms with Crippen LogP contribution in [0.3, 0.4) is 0 Å². The number of hydrogen-bond acceptors (Lipinski definition) is 8. The maximum Gasteiger partial charge on any atom is 0.281 e. The Morgan fingerprint density at radius 3 is 2.38 bits per heavy atom. The third-order valence-electron chi connectivity index (χ3n) is 5.39. The van der Waals surface area contributed by atoms with Gasteiger partial charge in [0.05, 0.1) is 5.69 Å². The van der Waals surface area contributed by atoms with Crippen molar-refractivity contribution in [2.45, 2.75) is 25.8 Å². The van der Waals surface area contributed by atoms with Gasteiger partial charge in [-0.15, -0.1) is 0 Å². The molecule has 4 N–H and O–H groups in total. The molecule has 0 radical (unpaired) electrons. The molecule has 0 aliphatic carbocycles. The fraction of sp³-hybridized carbons (Fsp3) is 0.115. The maximum absolute atomic E-state index is 13.9. The summed E-state index contributed by atoms with van der Waals surface area (Å²) in [5, 5.41) is 9.80. The molecule has 1 amide bonds. The van der Waals surface area contributed by atoms with Crippen LogP contribution in [0.25, 0.3) is 11.3 Å². The molecule has 0 saturated heterocycles. The number of sulfonamides is 1. The monoisotopic (exact) mass is 522 g/mol. The number of rotatable bonds is 6. The van der Waals surface area contributed by atoms with Crippen LogP contribution in [-0.2, 0) is 10.0 Å². The van der Waals surface area contributed by atoms with Gasteiger partial charge in [-0.2, -0.15) is 8.42 Å². The van der Waals surface area contributed by atoms with E-state index >= 15 is 0 Å². The Balaban J connectivity index is 1.81. The lowest BCUT2D eigenvalue weighted by Gasteiger charge is -2.16. The average Bonchev–Trinajstić information content (AvgIpc) is 2.82. The van der Waals surface area contributed by atoms with Crippen LogP contribution in [0.15, 0.2) is 65.7 Å². The number of halogens is 1. The Hall–Kier alpha value is -4.51. The summed E-state index contributed by atoms with van der Waals surface area (Å²) in [6.07, 6.45) is 0. The maximum atomic E-state index is 13.9. The number of aromatic nitrogens is 2. The Kier molecular flexibility index (Phi) is 6.82. The largest absolute Gasteiger partial charge is 0.507 e. The summed E-state index contributed by atoms with van der Waals surface area (Å²) >= 11 is 0. The van der Waals surface area contributed by atoms with E-state index in [2.05, 4.69) is 9.97 Å². The molecule has 9 nitrogen and oxygen atoms in total. The van der Waals surface area contributed by atoms with Gasteiger partial charge >= 0.3 is 0 Å². The van der Waals surface area contributed by atoms with Gasteiger partial charge in [-0.05, 0) is 74.4 Å². The lowest BCUT2D eigenvalue weighted by atomic mass is 10.1. The smallest absolute Gasteiger partial charge is 0.281 e. The Morgan fingerprint density at radius 1 is 1.00 bits per heavy atom. The van der Waals surface area contributed by atoms with Crippen LogP contribution in [0.2, 0.25) is 0 Å². The summed E-state index contributed by atoms with van der Waals surface area (Å²) in [6.45, 7) is 5.55. The molecule has 37 heavy (non-hydrogen) atoms. The number of phenols is 1. The fourth-order valence-electron chi connectivity index (χ4n) is 3.79. The van der Waals surface area contributed by atoms with E-state index in [1.54, 1.807) is 0 Å². The van der Waals surface area contributed by atoms with E-state index in [0.29, 0.717) is 5.75 Å². The van der Waals surface area contributed by atoms with Crippen LogP contribution in [0.5, 0.6) is 17.4 Å². The minimum absolute atomic E-state index is 0.0365. The van der Waals surface area contributed by atoms with Crippen LogP contribution < -0.4 is 15.2 Å². The summed E-state index contributed by atoms with van der Waals surface area (Å²) in [5.41, 5.74) is 8.02. The molecule has 0 atom stereocenters. The molecule has 4 aromatic rings. The zero-order valence-corrected chi connectivity index (χ0v) is 20.9. The van der Waals surface area contributed by atoms with Crippen molar-refractivity contribution in [2.24, 2.45) is 0 Å². The van der Waals surface area contributed by atoms with Crippen LogP contribution in [0.4, 0.5) is 10.2 Å². The first-order chi connectivity index (χ1) is 17.4. The molecule has 2 heterocycles. The molecule has 0 aliphatic heterocycles.